The maximum Gasteiger partial charge on any atom is 0.323 e. The van der Waals surface area contributed by atoms with Crippen molar-refractivity contribution in [3.63, 3.8) is 0 Å². The molecule has 0 aliphatic carbocycles. The average molecular weight is 357 g/mol. The Balaban J connectivity index is 2.53. The van der Waals surface area contributed by atoms with Crippen LogP contribution in [-0.2, 0) is 9.59 Å². The van der Waals surface area contributed by atoms with Gasteiger partial charge < -0.3 is 5.11 Å². The highest BCUT2D eigenvalue weighted by Gasteiger charge is 2.43. The number of nitrogens with zero attached hydrogens (tertiary/aromatic N) is 1. The van der Waals surface area contributed by atoms with Crippen LogP contribution in [0.25, 0.3) is 0 Å². The number of hydrogen-bond donors (Lipinski definition) is 1. The van der Waals surface area contributed by atoms with E-state index >= 15 is 0 Å². The molecular formula is C11H4F5NO3S2. The van der Waals surface area contributed by atoms with Crippen molar-refractivity contribution in [2.75, 3.05) is 6.54 Å². The SMILES string of the molecule is O=C(O)CN1C(=O)C(c2c(F)c(F)c(F)c(F)c2F)SC1=S. The zero-order valence-electron chi connectivity index (χ0n) is 10.2. The van der Waals surface area contributed by atoms with Crippen molar-refractivity contribution in [2.24, 2.45) is 0 Å². The molecule has 2 rings (SSSR count). The summed E-state index contributed by atoms with van der Waals surface area (Å²) in [7, 11) is 0. The van der Waals surface area contributed by atoms with Gasteiger partial charge in [-0.1, -0.05) is 24.0 Å². The molecule has 0 spiro atoms. The van der Waals surface area contributed by atoms with Crippen molar-refractivity contribution in [3.8, 4) is 0 Å². The normalized spacial score (nSPS) is 18.2. The van der Waals surface area contributed by atoms with Gasteiger partial charge in [0.25, 0.3) is 0 Å². The van der Waals surface area contributed by atoms with Crippen molar-refractivity contribution in [1.82, 2.24) is 4.90 Å². The molecule has 4 nitrogen and oxygen atoms in total. The summed E-state index contributed by atoms with van der Waals surface area (Å²) in [5.74, 6) is -13.6. The summed E-state index contributed by atoms with van der Waals surface area (Å²) in [6.45, 7) is -0.878. The van der Waals surface area contributed by atoms with Crippen LogP contribution in [0.3, 0.4) is 0 Å². The number of carboxylic acids is 1. The van der Waals surface area contributed by atoms with E-state index in [-0.39, 0.29) is 4.32 Å². The van der Waals surface area contributed by atoms with Crippen molar-refractivity contribution in [2.45, 2.75) is 5.25 Å². The first-order chi connectivity index (χ1) is 10.2. The summed E-state index contributed by atoms with van der Waals surface area (Å²) in [6.07, 6.45) is 0. The van der Waals surface area contributed by atoms with Gasteiger partial charge in [-0.2, -0.15) is 0 Å². The Hall–Kier alpha value is -1.75. The van der Waals surface area contributed by atoms with Gasteiger partial charge in [0.15, 0.2) is 23.3 Å². The number of halogens is 5. The Kier molecular flexibility index (Phi) is 4.38. The van der Waals surface area contributed by atoms with Crippen LogP contribution in [0.4, 0.5) is 22.0 Å². The van der Waals surface area contributed by atoms with Crippen LogP contribution in [0.1, 0.15) is 10.8 Å². The van der Waals surface area contributed by atoms with E-state index in [0.717, 1.165) is 0 Å². The van der Waals surface area contributed by atoms with Crippen LogP contribution in [-0.4, -0.2) is 32.7 Å². The molecule has 1 atom stereocenters. The summed E-state index contributed by atoms with van der Waals surface area (Å²) in [6, 6.07) is 0. The fourth-order valence-corrected chi connectivity index (χ4v) is 3.24. The van der Waals surface area contributed by atoms with Gasteiger partial charge in [-0.3, -0.25) is 14.5 Å². The van der Waals surface area contributed by atoms with Gasteiger partial charge in [0, 0.05) is 0 Å². The quantitative estimate of drug-likeness (QED) is 0.390. The van der Waals surface area contributed by atoms with Crippen LogP contribution in [0.2, 0.25) is 0 Å². The summed E-state index contributed by atoms with van der Waals surface area (Å²) < 4.78 is 66.3. The average Bonchev–Trinajstić information content (AvgIpc) is 2.71. The summed E-state index contributed by atoms with van der Waals surface area (Å²) in [5, 5.41) is 6.78. The monoisotopic (exact) mass is 357 g/mol. The lowest BCUT2D eigenvalue weighted by molar-refractivity contribution is -0.141. The molecule has 1 saturated heterocycles. The first-order valence-electron chi connectivity index (χ1n) is 5.42. The molecule has 1 aliphatic rings. The molecule has 1 unspecified atom stereocenters. The molecule has 0 radical (unpaired) electrons. The minimum Gasteiger partial charge on any atom is -0.480 e. The van der Waals surface area contributed by atoms with E-state index in [1.54, 1.807) is 0 Å². The molecule has 22 heavy (non-hydrogen) atoms. The number of rotatable bonds is 3. The number of hydrogen-bond acceptors (Lipinski definition) is 4. The van der Waals surface area contributed by atoms with Crippen LogP contribution in [0, 0.1) is 29.1 Å². The second kappa shape index (κ2) is 5.80. The minimum absolute atomic E-state index is 0.332. The molecular weight excluding hydrogens is 353 g/mol. The lowest BCUT2D eigenvalue weighted by Gasteiger charge is -2.14. The molecule has 1 N–H and O–H groups in total. The van der Waals surface area contributed by atoms with Gasteiger partial charge >= 0.3 is 5.97 Å². The van der Waals surface area contributed by atoms with Crippen LogP contribution >= 0.6 is 24.0 Å². The summed E-state index contributed by atoms with van der Waals surface area (Å²) in [5.41, 5.74) is -1.35. The van der Waals surface area contributed by atoms with Crippen molar-refractivity contribution >= 4 is 40.2 Å². The van der Waals surface area contributed by atoms with Crippen LogP contribution in [0.15, 0.2) is 0 Å². The number of carbonyl (C=O) groups excluding carboxylic acids is 1. The minimum atomic E-state index is -2.35. The summed E-state index contributed by atoms with van der Waals surface area (Å²) >= 11 is 5.03. The number of thiocarbonyl (C=S) groups is 1. The second-order valence-electron chi connectivity index (χ2n) is 4.07. The van der Waals surface area contributed by atoms with E-state index in [2.05, 4.69) is 12.2 Å². The van der Waals surface area contributed by atoms with Gasteiger partial charge in [0.05, 0.1) is 5.56 Å². The lowest BCUT2D eigenvalue weighted by atomic mass is 10.1. The highest BCUT2D eigenvalue weighted by Crippen LogP contribution is 2.42. The highest BCUT2D eigenvalue weighted by molar-refractivity contribution is 8.24. The molecule has 0 aromatic heterocycles. The molecule has 118 valence electrons. The summed E-state index contributed by atoms with van der Waals surface area (Å²) in [4.78, 5) is 23.1. The molecule has 1 fully saturated rings. The Bertz CT molecular complexity index is 682. The zero-order chi connectivity index (χ0) is 16.8. The van der Waals surface area contributed by atoms with Gasteiger partial charge in [-0.25, -0.2) is 22.0 Å². The Labute approximate surface area is 128 Å². The third-order valence-electron chi connectivity index (χ3n) is 2.73. The number of aliphatic carboxylic acids is 1. The van der Waals surface area contributed by atoms with E-state index in [0.29, 0.717) is 16.7 Å². The number of benzene rings is 1. The third kappa shape index (κ3) is 2.54. The Morgan fingerprint density at radius 1 is 1.09 bits per heavy atom. The fraction of sp³-hybridized carbons (Fsp3) is 0.182. The van der Waals surface area contributed by atoms with Crippen LogP contribution in [0.5, 0.6) is 0 Å². The van der Waals surface area contributed by atoms with Gasteiger partial charge in [0.1, 0.15) is 16.1 Å². The van der Waals surface area contributed by atoms with Gasteiger partial charge in [-0.05, 0) is 0 Å². The van der Waals surface area contributed by atoms with E-state index in [4.69, 9.17) is 5.11 Å². The first-order valence-corrected chi connectivity index (χ1v) is 6.70. The van der Waals surface area contributed by atoms with E-state index in [9.17, 15) is 31.5 Å². The maximum atomic E-state index is 13.7. The standard InChI is InChI=1S/C11H4F5NO3S2/c12-4-3(5(13)7(15)8(16)6(4)14)9-10(20)17(1-2(18)19)11(21)22-9/h9H,1H2,(H,18,19). The lowest BCUT2D eigenvalue weighted by Crippen LogP contribution is -2.34. The van der Waals surface area contributed by atoms with Crippen LogP contribution < -0.4 is 0 Å². The van der Waals surface area contributed by atoms with Gasteiger partial charge in [0.2, 0.25) is 11.7 Å². The molecule has 1 amide bonds. The molecule has 0 saturated carbocycles. The zero-order valence-corrected chi connectivity index (χ0v) is 11.8. The number of carbonyl (C=O) groups is 2. The van der Waals surface area contributed by atoms with E-state index < -0.39 is 58.3 Å². The molecule has 1 aliphatic heterocycles. The molecule has 1 aromatic rings. The second-order valence-corrected chi connectivity index (χ2v) is 5.80. The largest absolute Gasteiger partial charge is 0.480 e. The van der Waals surface area contributed by atoms with Gasteiger partial charge in [-0.15, -0.1) is 0 Å². The Morgan fingerprint density at radius 2 is 1.55 bits per heavy atom. The van der Waals surface area contributed by atoms with E-state index in [1.807, 2.05) is 0 Å². The Morgan fingerprint density at radius 3 is 2.00 bits per heavy atom. The topological polar surface area (TPSA) is 57.6 Å². The predicted molar refractivity (Wildman–Crippen MR) is 68.5 cm³/mol. The predicted octanol–water partition coefficient (Wildman–Crippen LogP) is 2.37. The van der Waals surface area contributed by atoms with Crippen molar-refractivity contribution < 1.29 is 36.6 Å². The maximum absolute atomic E-state index is 13.7. The van der Waals surface area contributed by atoms with Crippen molar-refractivity contribution in [3.05, 3.63) is 34.6 Å². The number of thioether (sulfide) groups is 1. The highest BCUT2D eigenvalue weighted by atomic mass is 32.2. The smallest absolute Gasteiger partial charge is 0.323 e. The third-order valence-corrected chi connectivity index (χ3v) is 4.33. The fourth-order valence-electron chi connectivity index (χ4n) is 1.76. The molecule has 1 heterocycles. The molecule has 11 heteroatoms. The van der Waals surface area contributed by atoms with Crippen molar-refractivity contribution in [1.29, 1.82) is 0 Å². The molecule has 1 aromatic carbocycles. The van der Waals surface area contributed by atoms with E-state index in [1.165, 1.54) is 0 Å². The first kappa shape index (κ1) is 16.6. The number of amides is 1. The molecule has 0 bridgehead atoms. The number of carboxylic acid groups (broad SMARTS) is 1.